The van der Waals surface area contributed by atoms with E-state index in [9.17, 15) is 4.79 Å². The molecule has 96 valence electrons. The summed E-state index contributed by atoms with van der Waals surface area (Å²) < 4.78 is 10.9. The third-order valence-corrected chi connectivity index (χ3v) is 2.12. The first kappa shape index (κ1) is 15.6. The number of hydrogen-bond acceptors (Lipinski definition) is 4. The van der Waals surface area contributed by atoms with Crippen molar-refractivity contribution < 1.29 is 19.4 Å². The van der Waals surface area contributed by atoms with E-state index in [1.54, 1.807) is 6.07 Å². The Morgan fingerprint density at radius 1 is 1.41 bits per heavy atom. The van der Waals surface area contributed by atoms with Crippen molar-refractivity contribution >= 4 is 5.97 Å². The highest BCUT2D eigenvalue weighted by molar-refractivity contribution is 5.91. The van der Waals surface area contributed by atoms with E-state index in [-0.39, 0.29) is 11.9 Å². The molecule has 2 atom stereocenters. The summed E-state index contributed by atoms with van der Waals surface area (Å²) >= 11 is 0. The van der Waals surface area contributed by atoms with Crippen molar-refractivity contribution in [2.45, 2.75) is 46.0 Å². The number of nitriles is 1. The number of nitrogens with zero attached hydrogens (tertiary/aromatic N) is 1. The molecule has 0 radical (unpaired) electrons. The molecule has 0 bridgehead atoms. The van der Waals surface area contributed by atoms with Gasteiger partial charge in [0, 0.05) is 6.61 Å². The summed E-state index contributed by atoms with van der Waals surface area (Å²) in [6, 6.07) is 1.63. The molecule has 0 aliphatic carbocycles. The van der Waals surface area contributed by atoms with Gasteiger partial charge in [-0.2, -0.15) is 5.26 Å². The van der Waals surface area contributed by atoms with E-state index >= 15 is 0 Å². The van der Waals surface area contributed by atoms with Gasteiger partial charge in [-0.15, -0.1) is 0 Å². The lowest BCUT2D eigenvalue weighted by Crippen LogP contribution is -2.23. The van der Waals surface area contributed by atoms with Crippen LogP contribution >= 0.6 is 0 Å². The van der Waals surface area contributed by atoms with E-state index < -0.39 is 12.1 Å². The second-order valence-electron chi connectivity index (χ2n) is 3.37. The van der Waals surface area contributed by atoms with Gasteiger partial charge in [-0.1, -0.05) is 13.8 Å². The summed E-state index contributed by atoms with van der Waals surface area (Å²) in [5.74, 6) is -1.24. The molecule has 0 rings (SSSR count). The third-order valence-electron chi connectivity index (χ3n) is 2.12. The van der Waals surface area contributed by atoms with Crippen LogP contribution in [-0.2, 0) is 14.3 Å². The Hall–Kier alpha value is -1.38. The van der Waals surface area contributed by atoms with Gasteiger partial charge in [0.15, 0.2) is 6.29 Å². The van der Waals surface area contributed by atoms with E-state index in [2.05, 4.69) is 0 Å². The number of ether oxygens (including phenoxy) is 2. The fourth-order valence-electron chi connectivity index (χ4n) is 1.23. The highest BCUT2D eigenvalue weighted by atomic mass is 16.7. The molecule has 2 unspecified atom stereocenters. The van der Waals surface area contributed by atoms with Crippen molar-refractivity contribution in [3.05, 3.63) is 11.6 Å². The Morgan fingerprint density at radius 2 is 2.06 bits per heavy atom. The first-order chi connectivity index (χ1) is 8.08. The van der Waals surface area contributed by atoms with Crippen molar-refractivity contribution in [2.24, 2.45) is 0 Å². The van der Waals surface area contributed by atoms with Crippen LogP contribution in [-0.4, -0.2) is 30.1 Å². The normalized spacial score (nSPS) is 15.1. The van der Waals surface area contributed by atoms with E-state index in [1.165, 1.54) is 6.08 Å². The van der Waals surface area contributed by atoms with E-state index in [4.69, 9.17) is 19.8 Å². The average molecular weight is 241 g/mol. The summed E-state index contributed by atoms with van der Waals surface area (Å²) in [4.78, 5) is 10.7. The van der Waals surface area contributed by atoms with Crippen LogP contribution in [0.25, 0.3) is 0 Å². The quantitative estimate of drug-likeness (QED) is 0.400. The molecule has 0 aromatic heterocycles. The second-order valence-corrected chi connectivity index (χ2v) is 3.37. The monoisotopic (exact) mass is 241 g/mol. The Bertz CT molecular complexity index is 306. The SMILES string of the molecule is CCOC(CC)OC(C=C(C#N)C(=O)O)CC. The Morgan fingerprint density at radius 3 is 2.41 bits per heavy atom. The summed E-state index contributed by atoms with van der Waals surface area (Å²) in [6.07, 6.45) is 1.80. The molecule has 0 heterocycles. The zero-order chi connectivity index (χ0) is 13.3. The molecule has 0 amide bonds. The first-order valence-electron chi connectivity index (χ1n) is 5.71. The first-order valence-corrected chi connectivity index (χ1v) is 5.71. The van der Waals surface area contributed by atoms with Gasteiger partial charge < -0.3 is 14.6 Å². The summed E-state index contributed by atoms with van der Waals surface area (Å²) in [5, 5.41) is 17.4. The third kappa shape index (κ3) is 6.05. The molecule has 1 N–H and O–H groups in total. The Kier molecular flexibility index (Phi) is 8.03. The minimum Gasteiger partial charge on any atom is -0.477 e. The van der Waals surface area contributed by atoms with Crippen LogP contribution in [0.5, 0.6) is 0 Å². The summed E-state index contributed by atoms with van der Waals surface area (Å²) in [7, 11) is 0. The lowest BCUT2D eigenvalue weighted by molar-refractivity contribution is -0.159. The van der Waals surface area contributed by atoms with E-state index in [1.807, 2.05) is 20.8 Å². The molecule has 0 aromatic rings. The smallest absolute Gasteiger partial charge is 0.346 e. The van der Waals surface area contributed by atoms with Crippen molar-refractivity contribution in [3.8, 4) is 6.07 Å². The molecule has 0 aromatic carbocycles. The standard InChI is InChI=1S/C12H19NO4/c1-4-10(7-9(8-13)12(14)15)17-11(5-2)16-6-3/h7,10-11H,4-6H2,1-3H3,(H,14,15). The minimum absolute atomic E-state index is 0.303. The van der Waals surface area contributed by atoms with E-state index in [0.717, 1.165) is 0 Å². The van der Waals surface area contributed by atoms with E-state index in [0.29, 0.717) is 19.4 Å². The van der Waals surface area contributed by atoms with Gasteiger partial charge in [0.1, 0.15) is 11.6 Å². The van der Waals surface area contributed by atoms with Gasteiger partial charge in [0.2, 0.25) is 0 Å². The average Bonchev–Trinajstić information content (AvgIpc) is 2.32. The predicted molar refractivity (Wildman–Crippen MR) is 62.2 cm³/mol. The van der Waals surface area contributed by atoms with Gasteiger partial charge in [-0.3, -0.25) is 0 Å². The highest BCUT2D eigenvalue weighted by Crippen LogP contribution is 2.11. The maximum atomic E-state index is 10.7. The molecule has 0 aliphatic heterocycles. The topological polar surface area (TPSA) is 79.5 Å². The molecule has 5 nitrogen and oxygen atoms in total. The molecular formula is C12H19NO4. The molecule has 0 saturated carbocycles. The zero-order valence-corrected chi connectivity index (χ0v) is 10.5. The van der Waals surface area contributed by atoms with Gasteiger partial charge >= 0.3 is 5.97 Å². The van der Waals surface area contributed by atoms with Gasteiger partial charge in [0.05, 0.1) is 6.10 Å². The number of rotatable bonds is 8. The van der Waals surface area contributed by atoms with Gasteiger partial charge in [0.25, 0.3) is 0 Å². The predicted octanol–water partition coefficient (Wildman–Crippen LogP) is 2.09. The largest absolute Gasteiger partial charge is 0.477 e. The molecule has 5 heteroatoms. The van der Waals surface area contributed by atoms with Crippen LogP contribution in [0.4, 0.5) is 0 Å². The zero-order valence-electron chi connectivity index (χ0n) is 10.5. The highest BCUT2D eigenvalue weighted by Gasteiger charge is 2.15. The van der Waals surface area contributed by atoms with Crippen LogP contribution < -0.4 is 0 Å². The molecule has 0 saturated heterocycles. The van der Waals surface area contributed by atoms with Crippen LogP contribution in [0.2, 0.25) is 0 Å². The Balaban J connectivity index is 4.62. The number of carboxylic acid groups (broad SMARTS) is 1. The Labute approximate surface area is 102 Å². The molecule has 0 fully saturated rings. The molecule has 0 aliphatic rings. The fourth-order valence-corrected chi connectivity index (χ4v) is 1.23. The maximum absolute atomic E-state index is 10.7. The minimum atomic E-state index is -1.24. The van der Waals surface area contributed by atoms with Crippen molar-refractivity contribution in [1.29, 1.82) is 5.26 Å². The summed E-state index contributed by atoms with van der Waals surface area (Å²) in [5.41, 5.74) is -0.303. The van der Waals surface area contributed by atoms with Crippen molar-refractivity contribution in [2.75, 3.05) is 6.61 Å². The number of carboxylic acids is 1. The second kappa shape index (κ2) is 8.74. The molecule has 17 heavy (non-hydrogen) atoms. The van der Waals surface area contributed by atoms with Crippen LogP contribution in [0.3, 0.4) is 0 Å². The fraction of sp³-hybridized carbons (Fsp3) is 0.667. The lowest BCUT2D eigenvalue weighted by Gasteiger charge is -2.20. The number of carbonyl (C=O) groups is 1. The molecule has 0 spiro atoms. The molecular weight excluding hydrogens is 222 g/mol. The summed E-state index contributed by atoms with van der Waals surface area (Å²) in [6.45, 7) is 6.17. The van der Waals surface area contributed by atoms with Gasteiger partial charge in [-0.05, 0) is 25.8 Å². The lowest BCUT2D eigenvalue weighted by atomic mass is 10.2. The number of hydrogen-bond donors (Lipinski definition) is 1. The van der Waals surface area contributed by atoms with Crippen LogP contribution in [0, 0.1) is 11.3 Å². The van der Waals surface area contributed by atoms with Crippen LogP contribution in [0.15, 0.2) is 11.6 Å². The number of aliphatic carboxylic acids is 1. The van der Waals surface area contributed by atoms with Crippen molar-refractivity contribution in [1.82, 2.24) is 0 Å². The van der Waals surface area contributed by atoms with Crippen LogP contribution in [0.1, 0.15) is 33.6 Å². The maximum Gasteiger partial charge on any atom is 0.346 e. The van der Waals surface area contributed by atoms with Crippen molar-refractivity contribution in [3.63, 3.8) is 0 Å². The van der Waals surface area contributed by atoms with Gasteiger partial charge in [-0.25, -0.2) is 4.79 Å².